The first kappa shape index (κ1) is 14.0. The Bertz CT molecular complexity index is 453. The van der Waals surface area contributed by atoms with Crippen LogP contribution < -0.4 is 5.32 Å². The molecule has 0 fully saturated rings. The van der Waals surface area contributed by atoms with Crippen LogP contribution in [0.2, 0.25) is 0 Å². The second-order valence-corrected chi connectivity index (χ2v) is 3.69. The molecule has 0 bridgehead atoms. The number of amidine groups is 1. The quantitative estimate of drug-likeness (QED) is 0.503. The summed E-state index contributed by atoms with van der Waals surface area (Å²) in [5.41, 5.74) is 1.62. The third-order valence-electron chi connectivity index (χ3n) is 2.15. The van der Waals surface area contributed by atoms with Crippen molar-refractivity contribution in [3.63, 3.8) is 0 Å². The number of hydrogen-bond acceptors (Lipinski definition) is 3. The van der Waals surface area contributed by atoms with Crippen LogP contribution in [0.4, 0.5) is 0 Å². The molecule has 1 rings (SSSR count). The van der Waals surface area contributed by atoms with Crippen molar-refractivity contribution in [2.75, 3.05) is 13.2 Å². The van der Waals surface area contributed by atoms with Crippen molar-refractivity contribution in [1.82, 2.24) is 5.32 Å². The normalized spacial score (nSPS) is 10.9. The highest BCUT2D eigenvalue weighted by molar-refractivity contribution is 6.04. The molecular weight excluding hydrogens is 228 g/mol. The van der Waals surface area contributed by atoms with Crippen molar-refractivity contribution < 1.29 is 9.53 Å². The standard InChI is InChI=1S/C14H18N2O2/c1-4-9-15-14(18-5-2)16-13(17)12-8-6-7-11(3)10-12/h4,6-8,10H,1,5,9H2,2-3H3,(H,15,16,17). The van der Waals surface area contributed by atoms with E-state index in [1.54, 1.807) is 12.1 Å². The molecule has 1 amide bonds. The molecule has 4 nitrogen and oxygen atoms in total. The van der Waals surface area contributed by atoms with Crippen molar-refractivity contribution in [3.05, 3.63) is 48.0 Å². The first-order valence-electron chi connectivity index (χ1n) is 5.83. The molecule has 4 heteroatoms. The molecule has 96 valence electrons. The molecule has 0 saturated heterocycles. The van der Waals surface area contributed by atoms with E-state index in [1.165, 1.54) is 0 Å². The second kappa shape index (κ2) is 7.27. The summed E-state index contributed by atoms with van der Waals surface area (Å²) in [7, 11) is 0. The van der Waals surface area contributed by atoms with Crippen LogP contribution in [-0.4, -0.2) is 25.1 Å². The van der Waals surface area contributed by atoms with Gasteiger partial charge in [0.15, 0.2) is 0 Å². The van der Waals surface area contributed by atoms with Gasteiger partial charge in [-0.05, 0) is 26.0 Å². The SMILES string of the molecule is C=CCN=C(NC(=O)c1cccc(C)c1)OCC. The van der Waals surface area contributed by atoms with Crippen molar-refractivity contribution in [1.29, 1.82) is 0 Å². The average Bonchev–Trinajstić information content (AvgIpc) is 2.36. The van der Waals surface area contributed by atoms with Gasteiger partial charge in [0, 0.05) is 5.56 Å². The predicted octanol–water partition coefficient (Wildman–Crippen LogP) is 2.30. The Morgan fingerprint density at radius 1 is 1.56 bits per heavy atom. The summed E-state index contributed by atoms with van der Waals surface area (Å²) in [5.74, 6) is -0.227. The molecule has 0 heterocycles. The highest BCUT2D eigenvalue weighted by Gasteiger charge is 2.09. The summed E-state index contributed by atoms with van der Waals surface area (Å²) >= 11 is 0. The third-order valence-corrected chi connectivity index (χ3v) is 2.15. The van der Waals surface area contributed by atoms with Crippen LogP contribution in [0.1, 0.15) is 22.8 Å². The monoisotopic (exact) mass is 246 g/mol. The molecule has 1 aromatic rings. The van der Waals surface area contributed by atoms with E-state index in [4.69, 9.17) is 4.74 Å². The van der Waals surface area contributed by atoms with Gasteiger partial charge >= 0.3 is 0 Å². The molecular formula is C14H18N2O2. The van der Waals surface area contributed by atoms with Crippen molar-refractivity contribution in [3.8, 4) is 0 Å². The van der Waals surface area contributed by atoms with Gasteiger partial charge in [0.05, 0.1) is 13.2 Å². The minimum absolute atomic E-state index is 0.226. The van der Waals surface area contributed by atoms with E-state index in [1.807, 2.05) is 32.0 Å². The largest absolute Gasteiger partial charge is 0.465 e. The zero-order valence-corrected chi connectivity index (χ0v) is 10.8. The summed E-state index contributed by atoms with van der Waals surface area (Å²) in [6, 6.07) is 7.56. The van der Waals surface area contributed by atoms with Crippen LogP contribution >= 0.6 is 0 Å². The van der Waals surface area contributed by atoms with E-state index in [2.05, 4.69) is 16.9 Å². The number of aryl methyl sites for hydroxylation is 1. The first-order valence-corrected chi connectivity index (χ1v) is 5.83. The molecule has 0 radical (unpaired) electrons. The highest BCUT2D eigenvalue weighted by atomic mass is 16.5. The van der Waals surface area contributed by atoms with Gasteiger partial charge in [0.1, 0.15) is 0 Å². The van der Waals surface area contributed by atoms with Crippen molar-refractivity contribution >= 4 is 11.9 Å². The minimum atomic E-state index is -0.227. The van der Waals surface area contributed by atoms with E-state index in [-0.39, 0.29) is 11.9 Å². The van der Waals surface area contributed by atoms with Gasteiger partial charge < -0.3 is 4.74 Å². The zero-order valence-electron chi connectivity index (χ0n) is 10.8. The lowest BCUT2D eigenvalue weighted by Crippen LogP contribution is -2.32. The number of carbonyl (C=O) groups excluding carboxylic acids is 1. The number of benzene rings is 1. The maximum atomic E-state index is 11.9. The average molecular weight is 246 g/mol. The van der Waals surface area contributed by atoms with E-state index in [0.717, 1.165) is 5.56 Å². The lowest BCUT2D eigenvalue weighted by molar-refractivity contribution is 0.0966. The smallest absolute Gasteiger partial charge is 0.291 e. The number of ether oxygens (including phenoxy) is 1. The molecule has 0 unspecified atom stereocenters. The van der Waals surface area contributed by atoms with E-state index < -0.39 is 0 Å². The summed E-state index contributed by atoms with van der Waals surface area (Å²) < 4.78 is 5.24. The number of aliphatic imine (C=N–C) groups is 1. The van der Waals surface area contributed by atoms with E-state index >= 15 is 0 Å². The van der Waals surface area contributed by atoms with E-state index in [0.29, 0.717) is 18.7 Å². The molecule has 18 heavy (non-hydrogen) atoms. The van der Waals surface area contributed by atoms with Gasteiger partial charge in [0.25, 0.3) is 11.9 Å². The van der Waals surface area contributed by atoms with Crippen LogP contribution in [0.25, 0.3) is 0 Å². The van der Waals surface area contributed by atoms with Crippen molar-refractivity contribution in [2.24, 2.45) is 4.99 Å². The zero-order chi connectivity index (χ0) is 13.4. The topological polar surface area (TPSA) is 50.7 Å². The fourth-order valence-electron chi connectivity index (χ4n) is 1.36. The summed E-state index contributed by atoms with van der Waals surface area (Å²) in [4.78, 5) is 16.0. The van der Waals surface area contributed by atoms with Gasteiger partial charge in [0.2, 0.25) is 0 Å². The van der Waals surface area contributed by atoms with Gasteiger partial charge in [-0.1, -0.05) is 23.8 Å². The van der Waals surface area contributed by atoms with Crippen LogP contribution in [0.5, 0.6) is 0 Å². The van der Waals surface area contributed by atoms with Crippen LogP contribution in [0, 0.1) is 6.92 Å². The van der Waals surface area contributed by atoms with Gasteiger partial charge in [-0.25, -0.2) is 4.99 Å². The van der Waals surface area contributed by atoms with Crippen LogP contribution in [0.3, 0.4) is 0 Å². The Morgan fingerprint density at radius 2 is 2.33 bits per heavy atom. The van der Waals surface area contributed by atoms with Crippen LogP contribution in [-0.2, 0) is 4.74 Å². The Balaban J connectivity index is 2.75. The Morgan fingerprint density at radius 3 is 2.94 bits per heavy atom. The van der Waals surface area contributed by atoms with Crippen molar-refractivity contribution in [2.45, 2.75) is 13.8 Å². The fraction of sp³-hybridized carbons (Fsp3) is 0.286. The maximum absolute atomic E-state index is 11.9. The van der Waals surface area contributed by atoms with Gasteiger partial charge in [-0.2, -0.15) is 0 Å². The Kier molecular flexibility index (Phi) is 5.64. The summed E-state index contributed by atoms with van der Waals surface area (Å²) in [5, 5.41) is 2.64. The number of nitrogens with zero attached hydrogens (tertiary/aromatic N) is 1. The van der Waals surface area contributed by atoms with Crippen LogP contribution in [0.15, 0.2) is 41.9 Å². The molecule has 0 aliphatic rings. The predicted molar refractivity (Wildman–Crippen MR) is 72.8 cm³/mol. The van der Waals surface area contributed by atoms with E-state index in [9.17, 15) is 4.79 Å². The maximum Gasteiger partial charge on any atom is 0.291 e. The lowest BCUT2D eigenvalue weighted by Gasteiger charge is -2.09. The first-order chi connectivity index (χ1) is 8.67. The molecule has 0 aromatic heterocycles. The van der Waals surface area contributed by atoms with Gasteiger partial charge in [-0.15, -0.1) is 6.58 Å². The molecule has 0 aliphatic carbocycles. The molecule has 0 atom stereocenters. The number of rotatable bonds is 4. The Hall–Kier alpha value is -2.10. The minimum Gasteiger partial charge on any atom is -0.465 e. The van der Waals surface area contributed by atoms with Gasteiger partial charge in [-0.3, -0.25) is 10.1 Å². The fourth-order valence-corrected chi connectivity index (χ4v) is 1.36. The molecule has 0 spiro atoms. The number of amides is 1. The number of hydrogen-bond donors (Lipinski definition) is 1. The molecule has 1 N–H and O–H groups in total. The summed E-state index contributed by atoms with van der Waals surface area (Å²) in [6.07, 6.45) is 1.64. The summed E-state index contributed by atoms with van der Waals surface area (Å²) in [6.45, 7) is 8.19. The molecule has 1 aromatic carbocycles. The second-order valence-electron chi connectivity index (χ2n) is 3.69. The number of carbonyl (C=O) groups is 1. The third kappa shape index (κ3) is 4.41. The molecule has 0 saturated carbocycles. The molecule has 0 aliphatic heterocycles. The highest BCUT2D eigenvalue weighted by Crippen LogP contribution is 2.03. The number of nitrogens with one attached hydrogen (secondary N) is 1. The Labute approximate surface area is 107 Å². The lowest BCUT2D eigenvalue weighted by atomic mass is 10.1.